The van der Waals surface area contributed by atoms with Gasteiger partial charge in [0.1, 0.15) is 11.5 Å². The van der Waals surface area contributed by atoms with Crippen molar-refractivity contribution in [1.29, 1.82) is 0 Å². The number of alkyl halides is 3. The molecule has 6 nitrogen and oxygen atoms in total. The van der Waals surface area contributed by atoms with Crippen LogP contribution in [0.3, 0.4) is 0 Å². The SMILES string of the molecule is CCCCOc1ccc(C(=O)NCC(=O)N(C)Cc2ccccc2OC(F)(F)F)cc1. The van der Waals surface area contributed by atoms with E-state index in [1.165, 1.54) is 30.1 Å². The second-order valence-electron chi connectivity index (χ2n) is 6.81. The van der Waals surface area contributed by atoms with E-state index in [1.54, 1.807) is 30.3 Å². The largest absolute Gasteiger partial charge is 0.573 e. The van der Waals surface area contributed by atoms with Crippen molar-refractivity contribution in [2.45, 2.75) is 32.7 Å². The Morgan fingerprint density at radius 1 is 1.06 bits per heavy atom. The number of nitrogens with zero attached hydrogens (tertiary/aromatic N) is 1. The molecule has 2 amide bonds. The van der Waals surface area contributed by atoms with Gasteiger partial charge in [0.25, 0.3) is 5.91 Å². The Morgan fingerprint density at radius 3 is 2.39 bits per heavy atom. The van der Waals surface area contributed by atoms with E-state index in [0.717, 1.165) is 12.8 Å². The lowest BCUT2D eigenvalue weighted by Gasteiger charge is -2.20. The molecular formula is C22H25F3N2O4. The van der Waals surface area contributed by atoms with Gasteiger partial charge in [-0.05, 0) is 36.8 Å². The molecular weight excluding hydrogens is 413 g/mol. The quantitative estimate of drug-likeness (QED) is 0.566. The van der Waals surface area contributed by atoms with Gasteiger partial charge in [0.15, 0.2) is 0 Å². The first kappa shape index (κ1) is 24.0. The molecule has 9 heteroatoms. The van der Waals surface area contributed by atoms with Crippen LogP contribution in [0.5, 0.6) is 11.5 Å². The third-order valence-electron chi connectivity index (χ3n) is 4.31. The molecule has 168 valence electrons. The minimum atomic E-state index is -4.83. The van der Waals surface area contributed by atoms with E-state index in [2.05, 4.69) is 17.0 Å². The summed E-state index contributed by atoms with van der Waals surface area (Å²) in [5.41, 5.74) is 0.558. The number of carbonyl (C=O) groups excluding carboxylic acids is 2. The molecule has 0 atom stereocenters. The first-order chi connectivity index (χ1) is 14.7. The van der Waals surface area contributed by atoms with Gasteiger partial charge in [0.05, 0.1) is 13.2 Å². The summed E-state index contributed by atoms with van der Waals surface area (Å²) in [5, 5.41) is 2.51. The predicted molar refractivity (Wildman–Crippen MR) is 109 cm³/mol. The summed E-state index contributed by atoms with van der Waals surface area (Å²) in [6.07, 6.45) is -2.88. The fourth-order valence-electron chi connectivity index (χ4n) is 2.63. The zero-order valence-corrected chi connectivity index (χ0v) is 17.4. The lowest BCUT2D eigenvalue weighted by atomic mass is 10.2. The highest BCUT2D eigenvalue weighted by Gasteiger charge is 2.32. The van der Waals surface area contributed by atoms with Crippen molar-refractivity contribution in [2.75, 3.05) is 20.2 Å². The van der Waals surface area contributed by atoms with Crippen LogP contribution in [0.2, 0.25) is 0 Å². The highest BCUT2D eigenvalue weighted by Crippen LogP contribution is 2.26. The van der Waals surface area contributed by atoms with Crippen LogP contribution in [0.1, 0.15) is 35.7 Å². The number of carbonyl (C=O) groups is 2. The maximum Gasteiger partial charge on any atom is 0.573 e. The maximum absolute atomic E-state index is 12.5. The van der Waals surface area contributed by atoms with Gasteiger partial charge in [0.2, 0.25) is 5.91 Å². The van der Waals surface area contributed by atoms with Gasteiger partial charge >= 0.3 is 6.36 Å². The van der Waals surface area contributed by atoms with Crippen LogP contribution in [-0.2, 0) is 11.3 Å². The molecule has 0 saturated carbocycles. The van der Waals surface area contributed by atoms with Crippen molar-refractivity contribution in [2.24, 2.45) is 0 Å². The molecule has 0 heterocycles. The fraction of sp³-hybridized carbons (Fsp3) is 0.364. The molecule has 1 N–H and O–H groups in total. The number of benzene rings is 2. The first-order valence-corrected chi connectivity index (χ1v) is 9.78. The zero-order chi connectivity index (χ0) is 22.9. The molecule has 0 bridgehead atoms. The molecule has 0 unspecified atom stereocenters. The zero-order valence-electron chi connectivity index (χ0n) is 17.4. The van der Waals surface area contributed by atoms with Crippen LogP contribution in [0, 0.1) is 0 Å². The summed E-state index contributed by atoms with van der Waals surface area (Å²) >= 11 is 0. The van der Waals surface area contributed by atoms with E-state index in [0.29, 0.717) is 17.9 Å². The van der Waals surface area contributed by atoms with Crippen molar-refractivity contribution < 1.29 is 32.2 Å². The lowest BCUT2D eigenvalue weighted by molar-refractivity contribution is -0.275. The number of unbranched alkanes of at least 4 members (excludes halogenated alkanes) is 1. The average molecular weight is 438 g/mol. The van der Waals surface area contributed by atoms with Crippen molar-refractivity contribution in [1.82, 2.24) is 10.2 Å². The van der Waals surface area contributed by atoms with Crippen LogP contribution in [0.4, 0.5) is 13.2 Å². The van der Waals surface area contributed by atoms with Gasteiger partial charge < -0.3 is 19.7 Å². The van der Waals surface area contributed by atoms with Gasteiger partial charge in [-0.3, -0.25) is 9.59 Å². The number of para-hydroxylation sites is 1. The molecule has 0 saturated heterocycles. The monoisotopic (exact) mass is 438 g/mol. The van der Waals surface area contributed by atoms with Gasteiger partial charge in [-0.2, -0.15) is 0 Å². The number of rotatable bonds is 10. The van der Waals surface area contributed by atoms with Crippen LogP contribution < -0.4 is 14.8 Å². The topological polar surface area (TPSA) is 67.9 Å². The summed E-state index contributed by atoms with van der Waals surface area (Å²) in [6.45, 7) is 2.25. The number of hydrogen-bond donors (Lipinski definition) is 1. The third kappa shape index (κ3) is 8.19. The Balaban J connectivity index is 1.87. The average Bonchev–Trinajstić information content (AvgIpc) is 2.72. The Kier molecular flexibility index (Phi) is 8.72. The smallest absolute Gasteiger partial charge is 0.494 e. The molecule has 31 heavy (non-hydrogen) atoms. The molecule has 0 radical (unpaired) electrons. The summed E-state index contributed by atoms with van der Waals surface area (Å²) in [6, 6.07) is 12.1. The van der Waals surface area contributed by atoms with Crippen molar-refractivity contribution in [3.05, 3.63) is 59.7 Å². The number of amides is 2. The summed E-state index contributed by atoms with van der Waals surface area (Å²) < 4.78 is 47.1. The molecule has 0 aromatic heterocycles. The van der Waals surface area contributed by atoms with E-state index in [1.807, 2.05) is 0 Å². The molecule has 0 aliphatic heterocycles. The highest BCUT2D eigenvalue weighted by molar-refractivity contribution is 5.96. The minimum Gasteiger partial charge on any atom is -0.494 e. The molecule has 2 rings (SSSR count). The molecule has 0 aliphatic carbocycles. The number of likely N-dealkylation sites (N-methyl/N-ethyl adjacent to an activating group) is 1. The first-order valence-electron chi connectivity index (χ1n) is 9.78. The molecule has 2 aromatic rings. The summed E-state index contributed by atoms with van der Waals surface area (Å²) in [4.78, 5) is 25.8. The molecule has 0 aliphatic rings. The standard InChI is InChI=1S/C22H25F3N2O4/c1-3-4-13-30-18-11-9-16(10-12-18)21(29)26-14-20(28)27(2)15-17-7-5-6-8-19(17)31-22(23,24)25/h5-12H,3-4,13-15H2,1-2H3,(H,26,29). The Bertz CT molecular complexity index is 870. The third-order valence-corrected chi connectivity index (χ3v) is 4.31. The summed E-state index contributed by atoms with van der Waals surface area (Å²) in [7, 11) is 1.43. The second kappa shape index (κ2) is 11.2. The second-order valence-corrected chi connectivity index (χ2v) is 6.81. The molecule has 0 spiro atoms. The van der Waals surface area contributed by atoms with Gasteiger partial charge in [-0.1, -0.05) is 31.5 Å². The maximum atomic E-state index is 12.5. The minimum absolute atomic E-state index is 0.106. The van der Waals surface area contributed by atoms with Gasteiger partial charge in [-0.25, -0.2) is 0 Å². The van der Waals surface area contributed by atoms with Crippen LogP contribution in [-0.4, -0.2) is 43.3 Å². The summed E-state index contributed by atoms with van der Waals surface area (Å²) in [5.74, 6) is -0.627. The van der Waals surface area contributed by atoms with Crippen LogP contribution >= 0.6 is 0 Å². The van der Waals surface area contributed by atoms with Gasteiger partial charge in [0, 0.05) is 24.7 Å². The van der Waals surface area contributed by atoms with Gasteiger partial charge in [-0.15, -0.1) is 13.2 Å². The van der Waals surface area contributed by atoms with E-state index < -0.39 is 18.2 Å². The van der Waals surface area contributed by atoms with Crippen molar-refractivity contribution >= 4 is 11.8 Å². The predicted octanol–water partition coefficient (Wildman–Crippen LogP) is 4.15. The lowest BCUT2D eigenvalue weighted by Crippen LogP contribution is -2.38. The number of nitrogens with one attached hydrogen (secondary N) is 1. The number of halogens is 3. The number of ether oxygens (including phenoxy) is 2. The van der Waals surface area contributed by atoms with Crippen LogP contribution in [0.15, 0.2) is 48.5 Å². The normalized spacial score (nSPS) is 11.0. The Labute approximate surface area is 178 Å². The van der Waals surface area contributed by atoms with Crippen molar-refractivity contribution in [3.8, 4) is 11.5 Å². The molecule has 0 fully saturated rings. The van der Waals surface area contributed by atoms with E-state index in [-0.39, 0.29) is 24.4 Å². The van der Waals surface area contributed by atoms with E-state index in [9.17, 15) is 22.8 Å². The number of hydrogen-bond acceptors (Lipinski definition) is 4. The van der Waals surface area contributed by atoms with Crippen molar-refractivity contribution in [3.63, 3.8) is 0 Å². The van der Waals surface area contributed by atoms with E-state index >= 15 is 0 Å². The van der Waals surface area contributed by atoms with Crippen LogP contribution in [0.25, 0.3) is 0 Å². The fourth-order valence-corrected chi connectivity index (χ4v) is 2.63. The Morgan fingerprint density at radius 2 is 1.74 bits per heavy atom. The van der Waals surface area contributed by atoms with E-state index in [4.69, 9.17) is 4.74 Å². The Hall–Kier alpha value is -3.23. The molecule has 2 aromatic carbocycles. The highest BCUT2D eigenvalue weighted by atomic mass is 19.4.